The van der Waals surface area contributed by atoms with Crippen LogP contribution in [0, 0.1) is 5.92 Å². The summed E-state index contributed by atoms with van der Waals surface area (Å²) in [4.78, 5) is 19.1. The molecule has 1 saturated heterocycles. The summed E-state index contributed by atoms with van der Waals surface area (Å²) in [6, 6.07) is 7.21. The maximum absolute atomic E-state index is 11.0. The number of imidazole rings is 1. The van der Waals surface area contributed by atoms with E-state index in [1.54, 1.807) is 10.8 Å². The Morgan fingerprint density at radius 2 is 1.90 bits per heavy atom. The highest BCUT2D eigenvalue weighted by Crippen LogP contribution is 2.39. The molecule has 6 rings (SSSR count). The Morgan fingerprint density at radius 1 is 1.14 bits per heavy atom. The third-order valence-corrected chi connectivity index (χ3v) is 9.20. The van der Waals surface area contributed by atoms with Crippen LogP contribution in [-0.2, 0) is 16.6 Å². The number of H-pyrrole nitrogens is 1. The van der Waals surface area contributed by atoms with Crippen LogP contribution in [0.2, 0.25) is 0 Å². The number of aliphatic hydroxyl groups excluding tert-OH is 2. The van der Waals surface area contributed by atoms with Crippen molar-refractivity contribution in [2.75, 3.05) is 18.0 Å². The van der Waals surface area contributed by atoms with E-state index in [9.17, 15) is 10.2 Å². The van der Waals surface area contributed by atoms with Crippen molar-refractivity contribution in [2.45, 2.75) is 102 Å². The zero-order valence-electron chi connectivity index (χ0n) is 25.2. The van der Waals surface area contributed by atoms with Gasteiger partial charge < -0.3 is 36.0 Å². The minimum Gasteiger partial charge on any atom is -0.397 e. The van der Waals surface area contributed by atoms with Crippen LogP contribution >= 0.6 is 0 Å². The van der Waals surface area contributed by atoms with Gasteiger partial charge in [0.1, 0.15) is 41.9 Å². The van der Waals surface area contributed by atoms with Crippen molar-refractivity contribution >= 4 is 33.6 Å². The molecule has 0 spiro atoms. The van der Waals surface area contributed by atoms with E-state index >= 15 is 0 Å². The van der Waals surface area contributed by atoms with Crippen molar-refractivity contribution in [3.8, 4) is 0 Å². The predicted octanol–water partition coefficient (Wildman–Crippen LogP) is 3.51. The average molecular weight is 577 g/mol. The number of aromatic amines is 1. The van der Waals surface area contributed by atoms with E-state index in [2.05, 4.69) is 72.7 Å². The highest BCUT2D eigenvalue weighted by molar-refractivity contribution is 5.97. The van der Waals surface area contributed by atoms with Gasteiger partial charge in [-0.25, -0.2) is 15.0 Å². The summed E-state index contributed by atoms with van der Waals surface area (Å²) >= 11 is 0. The first kappa shape index (κ1) is 28.9. The number of aliphatic hydroxyl groups is 2. The Bertz CT molecular complexity index is 1570. The van der Waals surface area contributed by atoms with Gasteiger partial charge in [-0.15, -0.1) is 0 Å². The van der Waals surface area contributed by atoms with Gasteiger partial charge in [0.15, 0.2) is 6.23 Å². The van der Waals surface area contributed by atoms with Gasteiger partial charge in [-0.05, 0) is 62.1 Å². The molecule has 226 valence electrons. The summed E-state index contributed by atoms with van der Waals surface area (Å²) in [6.07, 6.45) is 3.64. The van der Waals surface area contributed by atoms with Gasteiger partial charge in [0.2, 0.25) is 0 Å². The second-order valence-corrected chi connectivity index (χ2v) is 13.5. The molecular weight excluding hydrogens is 532 g/mol. The van der Waals surface area contributed by atoms with Crippen LogP contribution in [0.25, 0.3) is 22.1 Å². The lowest BCUT2D eigenvalue weighted by atomic mass is 9.76. The highest BCUT2D eigenvalue weighted by atomic mass is 16.6. The van der Waals surface area contributed by atoms with Crippen LogP contribution in [0.15, 0.2) is 30.7 Å². The van der Waals surface area contributed by atoms with Crippen molar-refractivity contribution in [1.29, 1.82) is 0 Å². The van der Waals surface area contributed by atoms with Crippen LogP contribution in [-0.4, -0.2) is 76.6 Å². The normalized spacial score (nSPS) is 26.6. The second-order valence-electron chi connectivity index (χ2n) is 13.5. The second kappa shape index (κ2) is 10.8. The van der Waals surface area contributed by atoms with Gasteiger partial charge >= 0.3 is 0 Å². The average Bonchev–Trinajstić information content (AvgIpc) is 3.55. The summed E-state index contributed by atoms with van der Waals surface area (Å²) in [5, 5.41) is 22.5. The van der Waals surface area contributed by atoms with E-state index in [-0.39, 0.29) is 17.3 Å². The van der Waals surface area contributed by atoms with E-state index in [1.807, 2.05) is 0 Å². The zero-order valence-corrected chi connectivity index (χ0v) is 25.2. The summed E-state index contributed by atoms with van der Waals surface area (Å²) in [5.41, 5.74) is 16.6. The number of hydrogen-bond donors (Lipinski definition) is 5. The molecule has 1 saturated carbocycles. The van der Waals surface area contributed by atoms with Gasteiger partial charge in [-0.1, -0.05) is 26.8 Å². The molecule has 4 heterocycles. The summed E-state index contributed by atoms with van der Waals surface area (Å²) < 4.78 is 7.93. The van der Waals surface area contributed by atoms with Crippen LogP contribution in [0.1, 0.15) is 71.5 Å². The number of benzene rings is 1. The molecule has 1 aliphatic carbocycles. The molecular formula is C31H44N8O3. The lowest BCUT2D eigenvalue weighted by Crippen LogP contribution is -2.52. The van der Waals surface area contributed by atoms with Crippen molar-refractivity contribution in [3.05, 3.63) is 42.1 Å². The highest BCUT2D eigenvalue weighted by Gasteiger charge is 2.46. The largest absolute Gasteiger partial charge is 0.397 e. The van der Waals surface area contributed by atoms with Crippen molar-refractivity contribution < 1.29 is 14.9 Å². The van der Waals surface area contributed by atoms with Gasteiger partial charge in [0, 0.05) is 31.2 Å². The van der Waals surface area contributed by atoms with Gasteiger partial charge in [0.05, 0.1) is 22.1 Å². The molecule has 4 aromatic rings. The fourth-order valence-electron chi connectivity index (χ4n) is 6.62. The number of anilines is 2. The molecule has 0 bridgehead atoms. The molecule has 0 amide bonds. The van der Waals surface area contributed by atoms with E-state index in [4.69, 9.17) is 21.2 Å². The number of hydrogen-bond acceptors (Lipinski definition) is 9. The Morgan fingerprint density at radius 3 is 2.62 bits per heavy atom. The van der Waals surface area contributed by atoms with E-state index < -0.39 is 24.5 Å². The Hall–Kier alpha value is -3.25. The number of fused-ring (bicyclic) bond motifs is 2. The predicted molar refractivity (Wildman–Crippen MR) is 164 cm³/mol. The molecule has 1 aromatic carbocycles. The van der Waals surface area contributed by atoms with E-state index in [0.717, 1.165) is 42.5 Å². The molecule has 3 aromatic heterocycles. The SMILES string of the molecule is CC(C)N(C[C@H]1O[C@@H](n2cc(N)c3c(N)ncnc32)[C@H](O)[C@@H]1O)[C@H]1C[C@H](CCc2nc3cc(C(C)(C)C)ccc3[nH]2)C1. The van der Waals surface area contributed by atoms with Crippen LogP contribution in [0.4, 0.5) is 11.5 Å². The topological polar surface area (TPSA) is 164 Å². The molecule has 7 N–H and O–H groups in total. The number of nitrogens with two attached hydrogens (primary N) is 2. The van der Waals surface area contributed by atoms with Crippen LogP contribution in [0.3, 0.4) is 0 Å². The van der Waals surface area contributed by atoms with Gasteiger partial charge in [-0.2, -0.15) is 0 Å². The number of nitrogens with zero attached hydrogens (tertiary/aromatic N) is 5. The summed E-state index contributed by atoms with van der Waals surface area (Å²) in [6.45, 7) is 11.5. The van der Waals surface area contributed by atoms with Gasteiger partial charge in [-0.3, -0.25) is 4.90 Å². The maximum atomic E-state index is 11.0. The smallest absolute Gasteiger partial charge is 0.164 e. The molecule has 11 nitrogen and oxygen atoms in total. The molecule has 2 aliphatic rings. The molecule has 0 radical (unpaired) electrons. The Balaban J connectivity index is 1.07. The maximum Gasteiger partial charge on any atom is 0.164 e. The van der Waals surface area contributed by atoms with E-state index in [0.29, 0.717) is 35.2 Å². The number of aromatic nitrogens is 5. The first-order chi connectivity index (χ1) is 19.9. The minimum atomic E-state index is -1.13. The molecule has 2 fully saturated rings. The minimum absolute atomic E-state index is 0.100. The number of rotatable bonds is 8. The quantitative estimate of drug-likeness (QED) is 0.211. The van der Waals surface area contributed by atoms with Crippen molar-refractivity contribution in [3.63, 3.8) is 0 Å². The van der Waals surface area contributed by atoms with Crippen molar-refractivity contribution in [2.24, 2.45) is 5.92 Å². The lowest BCUT2D eigenvalue weighted by molar-refractivity contribution is -0.0618. The third kappa shape index (κ3) is 5.23. The number of nitrogens with one attached hydrogen (secondary N) is 1. The first-order valence-corrected chi connectivity index (χ1v) is 15.0. The number of aryl methyl sites for hydroxylation is 1. The number of nitrogen functional groups attached to an aromatic ring is 2. The first-order valence-electron chi connectivity index (χ1n) is 15.0. The Kier molecular flexibility index (Phi) is 7.41. The molecule has 4 atom stereocenters. The third-order valence-electron chi connectivity index (χ3n) is 9.20. The fourth-order valence-corrected chi connectivity index (χ4v) is 6.62. The summed E-state index contributed by atoms with van der Waals surface area (Å²) in [5.74, 6) is 1.94. The molecule has 42 heavy (non-hydrogen) atoms. The molecule has 0 unspecified atom stereocenters. The fraction of sp³-hybridized carbons (Fsp3) is 0.581. The zero-order chi connectivity index (χ0) is 29.9. The lowest BCUT2D eigenvalue weighted by Gasteiger charge is -2.46. The van der Waals surface area contributed by atoms with Crippen molar-refractivity contribution in [1.82, 2.24) is 29.4 Å². The van der Waals surface area contributed by atoms with Crippen LogP contribution in [0.5, 0.6) is 0 Å². The van der Waals surface area contributed by atoms with Gasteiger partial charge in [0.25, 0.3) is 0 Å². The van der Waals surface area contributed by atoms with E-state index in [1.165, 1.54) is 11.9 Å². The van der Waals surface area contributed by atoms with Crippen LogP contribution < -0.4 is 11.5 Å². The molecule has 11 heteroatoms. The Labute approximate surface area is 246 Å². The standard InChI is InChI=1S/C31H44N8O3/c1-16(2)38(14-23-26(40)27(41)30(42-23)39-13-20(32)25-28(33)34-15-35-29(25)39)19-10-17(11-19)6-9-24-36-21-8-7-18(31(3,4)5)12-22(21)37-24/h7-8,12-13,15-17,19,23,26-27,30,40-41H,6,9-11,14,32H2,1-5H3,(H,36,37)(H2,33,34,35)/t17-,19-,23-,26-,27-,30-/m1/s1. The number of ether oxygens (including phenoxy) is 1. The monoisotopic (exact) mass is 576 g/mol. The molecule has 1 aliphatic heterocycles. The summed E-state index contributed by atoms with van der Waals surface area (Å²) in [7, 11) is 0.